The molecule has 0 saturated heterocycles. The van der Waals surface area contributed by atoms with Crippen molar-refractivity contribution in [2.45, 2.75) is 20.0 Å². The number of hydrogen-bond acceptors (Lipinski definition) is 4. The van der Waals surface area contributed by atoms with Gasteiger partial charge >= 0.3 is 0 Å². The number of carbonyl (C=O) groups is 2. The number of nitrogens with one attached hydrogen (secondary N) is 2. The second-order valence-electron chi connectivity index (χ2n) is 5.61. The van der Waals surface area contributed by atoms with E-state index in [2.05, 4.69) is 10.6 Å². The number of ether oxygens (including phenoxy) is 2. The van der Waals surface area contributed by atoms with Gasteiger partial charge in [0.1, 0.15) is 11.5 Å². The van der Waals surface area contributed by atoms with E-state index in [9.17, 15) is 9.59 Å². The maximum Gasteiger partial charge on any atom is 0.265 e. The van der Waals surface area contributed by atoms with E-state index in [0.29, 0.717) is 22.9 Å². The van der Waals surface area contributed by atoms with E-state index >= 15 is 0 Å². The van der Waals surface area contributed by atoms with Gasteiger partial charge in [0.05, 0.1) is 5.69 Å². The first kappa shape index (κ1) is 15.9. The van der Waals surface area contributed by atoms with Gasteiger partial charge < -0.3 is 20.1 Å². The summed E-state index contributed by atoms with van der Waals surface area (Å²) in [5.74, 6) is 0.589. The average molecular weight is 326 g/mol. The molecule has 1 atom stereocenters. The van der Waals surface area contributed by atoms with Crippen LogP contribution in [0.15, 0.2) is 42.5 Å². The summed E-state index contributed by atoms with van der Waals surface area (Å²) in [7, 11) is 0. The lowest BCUT2D eigenvalue weighted by Crippen LogP contribution is -2.30. The Balaban J connectivity index is 1.64. The van der Waals surface area contributed by atoms with Crippen LogP contribution in [-0.4, -0.2) is 24.5 Å². The van der Waals surface area contributed by atoms with Gasteiger partial charge in [-0.2, -0.15) is 0 Å². The Bertz CT molecular complexity index is 771. The summed E-state index contributed by atoms with van der Waals surface area (Å²) in [5.41, 5.74) is 2.37. The lowest BCUT2D eigenvalue weighted by Gasteiger charge is -2.20. The van der Waals surface area contributed by atoms with E-state index in [4.69, 9.17) is 9.47 Å². The molecule has 1 unspecified atom stereocenters. The monoisotopic (exact) mass is 326 g/mol. The quantitative estimate of drug-likeness (QED) is 0.906. The van der Waals surface area contributed by atoms with Gasteiger partial charge in [-0.1, -0.05) is 17.7 Å². The van der Waals surface area contributed by atoms with Crippen LogP contribution in [0.3, 0.4) is 0 Å². The van der Waals surface area contributed by atoms with Crippen molar-refractivity contribution in [3.63, 3.8) is 0 Å². The second-order valence-corrected chi connectivity index (χ2v) is 5.61. The van der Waals surface area contributed by atoms with Gasteiger partial charge in [-0.15, -0.1) is 0 Å². The highest BCUT2D eigenvalue weighted by atomic mass is 16.5. The molecule has 6 nitrogen and oxygen atoms in total. The van der Waals surface area contributed by atoms with Crippen molar-refractivity contribution >= 4 is 23.2 Å². The normalized spacial score (nSPS) is 14.0. The number of aryl methyl sites for hydroxylation is 1. The number of anilines is 2. The van der Waals surface area contributed by atoms with Gasteiger partial charge in [-0.25, -0.2) is 0 Å². The first-order valence-electron chi connectivity index (χ1n) is 7.62. The SMILES string of the molecule is Cc1ccc(NC(=O)C(C)Oc2ccc3c(c2)NC(=O)CO3)cc1. The van der Waals surface area contributed by atoms with Crippen LogP contribution < -0.4 is 20.1 Å². The molecule has 3 rings (SSSR count). The zero-order valence-electron chi connectivity index (χ0n) is 13.5. The highest BCUT2D eigenvalue weighted by molar-refractivity contribution is 5.96. The molecule has 0 bridgehead atoms. The first-order chi connectivity index (χ1) is 11.5. The van der Waals surface area contributed by atoms with Gasteiger partial charge in [-0.3, -0.25) is 9.59 Å². The first-order valence-corrected chi connectivity index (χ1v) is 7.62. The molecule has 124 valence electrons. The largest absolute Gasteiger partial charge is 0.482 e. The Kier molecular flexibility index (Phi) is 4.37. The molecule has 0 spiro atoms. The summed E-state index contributed by atoms with van der Waals surface area (Å²) in [6, 6.07) is 12.6. The molecule has 2 N–H and O–H groups in total. The van der Waals surface area contributed by atoms with Crippen LogP contribution in [-0.2, 0) is 9.59 Å². The van der Waals surface area contributed by atoms with Crippen LogP contribution in [0.2, 0.25) is 0 Å². The Morgan fingerprint density at radius 2 is 2.00 bits per heavy atom. The molecular formula is C18H18N2O4. The molecule has 1 heterocycles. The molecule has 6 heteroatoms. The molecule has 1 aliphatic heterocycles. The Morgan fingerprint density at radius 3 is 2.75 bits per heavy atom. The van der Waals surface area contributed by atoms with Crippen LogP contribution >= 0.6 is 0 Å². The summed E-state index contributed by atoms with van der Waals surface area (Å²) >= 11 is 0. The molecule has 2 aromatic rings. The van der Waals surface area contributed by atoms with Gasteiger partial charge in [0, 0.05) is 11.8 Å². The van der Waals surface area contributed by atoms with E-state index in [-0.39, 0.29) is 18.4 Å². The summed E-state index contributed by atoms with van der Waals surface area (Å²) in [5, 5.41) is 5.50. The number of rotatable bonds is 4. The lowest BCUT2D eigenvalue weighted by molar-refractivity contribution is -0.122. The highest BCUT2D eigenvalue weighted by Gasteiger charge is 2.19. The second kappa shape index (κ2) is 6.62. The molecule has 1 aliphatic rings. The summed E-state index contributed by atoms with van der Waals surface area (Å²) in [6.07, 6.45) is -0.690. The average Bonchev–Trinajstić information content (AvgIpc) is 2.56. The smallest absolute Gasteiger partial charge is 0.265 e. The van der Waals surface area contributed by atoms with E-state index in [0.717, 1.165) is 5.56 Å². The molecule has 2 aromatic carbocycles. The summed E-state index contributed by atoms with van der Waals surface area (Å²) in [6.45, 7) is 3.65. The number of fused-ring (bicyclic) bond motifs is 1. The predicted octanol–water partition coefficient (Wildman–Crippen LogP) is 2.73. The van der Waals surface area contributed by atoms with E-state index < -0.39 is 6.10 Å². The fourth-order valence-corrected chi connectivity index (χ4v) is 2.27. The van der Waals surface area contributed by atoms with E-state index in [1.54, 1.807) is 25.1 Å². The van der Waals surface area contributed by atoms with Crippen molar-refractivity contribution in [3.05, 3.63) is 48.0 Å². The van der Waals surface area contributed by atoms with E-state index in [1.165, 1.54) is 0 Å². The predicted molar refractivity (Wildman–Crippen MR) is 90.5 cm³/mol. The third-order valence-corrected chi connectivity index (χ3v) is 3.59. The lowest BCUT2D eigenvalue weighted by atomic mass is 10.2. The summed E-state index contributed by atoms with van der Waals surface area (Å²) in [4.78, 5) is 23.6. The number of carbonyl (C=O) groups excluding carboxylic acids is 2. The van der Waals surface area contributed by atoms with Crippen molar-refractivity contribution in [1.29, 1.82) is 0 Å². The van der Waals surface area contributed by atoms with Gasteiger partial charge in [0.15, 0.2) is 12.7 Å². The van der Waals surface area contributed by atoms with Crippen molar-refractivity contribution < 1.29 is 19.1 Å². The number of amides is 2. The molecular weight excluding hydrogens is 308 g/mol. The zero-order chi connectivity index (χ0) is 17.1. The fourth-order valence-electron chi connectivity index (χ4n) is 2.27. The van der Waals surface area contributed by atoms with Crippen LogP contribution in [0.25, 0.3) is 0 Å². The van der Waals surface area contributed by atoms with Gasteiger partial charge in [-0.05, 0) is 38.1 Å². The molecule has 0 saturated carbocycles. The fraction of sp³-hybridized carbons (Fsp3) is 0.222. The van der Waals surface area contributed by atoms with Crippen molar-refractivity contribution in [1.82, 2.24) is 0 Å². The van der Waals surface area contributed by atoms with Crippen molar-refractivity contribution in [2.75, 3.05) is 17.2 Å². The zero-order valence-corrected chi connectivity index (χ0v) is 13.5. The maximum atomic E-state index is 12.2. The van der Waals surface area contributed by atoms with Crippen LogP contribution in [0.5, 0.6) is 11.5 Å². The van der Waals surface area contributed by atoms with Crippen LogP contribution in [0.4, 0.5) is 11.4 Å². The molecule has 0 aliphatic carbocycles. The maximum absolute atomic E-state index is 12.2. The van der Waals surface area contributed by atoms with Crippen LogP contribution in [0.1, 0.15) is 12.5 Å². The number of benzene rings is 2. The Labute approximate surface area is 139 Å². The summed E-state index contributed by atoms with van der Waals surface area (Å²) < 4.78 is 10.9. The Hall–Kier alpha value is -3.02. The minimum Gasteiger partial charge on any atom is -0.482 e. The topological polar surface area (TPSA) is 76.7 Å². The van der Waals surface area contributed by atoms with Gasteiger partial charge in [0.25, 0.3) is 11.8 Å². The minimum atomic E-state index is -0.690. The van der Waals surface area contributed by atoms with Crippen LogP contribution in [0, 0.1) is 6.92 Å². The molecule has 0 fully saturated rings. The molecule has 2 amide bonds. The third-order valence-electron chi connectivity index (χ3n) is 3.59. The number of hydrogen-bond donors (Lipinski definition) is 2. The molecule has 0 aromatic heterocycles. The standard InChI is InChI=1S/C18H18N2O4/c1-11-3-5-13(6-4-11)19-18(22)12(2)24-14-7-8-16-15(9-14)20-17(21)10-23-16/h3-9,12H,10H2,1-2H3,(H,19,22)(H,20,21). The van der Waals surface area contributed by atoms with Crippen molar-refractivity contribution in [3.8, 4) is 11.5 Å². The minimum absolute atomic E-state index is 0.00254. The third kappa shape index (κ3) is 3.65. The Morgan fingerprint density at radius 1 is 1.25 bits per heavy atom. The van der Waals surface area contributed by atoms with Gasteiger partial charge in [0.2, 0.25) is 0 Å². The molecule has 0 radical (unpaired) electrons. The highest BCUT2D eigenvalue weighted by Crippen LogP contribution is 2.31. The molecule has 24 heavy (non-hydrogen) atoms. The van der Waals surface area contributed by atoms with Crippen molar-refractivity contribution in [2.24, 2.45) is 0 Å². The van der Waals surface area contributed by atoms with E-state index in [1.807, 2.05) is 31.2 Å².